The van der Waals surface area contributed by atoms with Crippen molar-refractivity contribution in [1.29, 1.82) is 0 Å². The van der Waals surface area contributed by atoms with E-state index in [9.17, 15) is 9.18 Å². The third-order valence-electron chi connectivity index (χ3n) is 3.00. The summed E-state index contributed by atoms with van der Waals surface area (Å²) in [4.78, 5) is 13.5. The zero-order chi connectivity index (χ0) is 15.9. The van der Waals surface area contributed by atoms with E-state index in [-0.39, 0.29) is 17.9 Å². The maximum Gasteiger partial charge on any atom is 0.317 e. The first-order chi connectivity index (χ1) is 10.5. The second-order valence-electron chi connectivity index (χ2n) is 5.05. The van der Waals surface area contributed by atoms with Crippen LogP contribution in [0.3, 0.4) is 0 Å². The summed E-state index contributed by atoms with van der Waals surface area (Å²) in [7, 11) is 1.69. The summed E-state index contributed by atoms with van der Waals surface area (Å²) in [5, 5.41) is 2.82. The van der Waals surface area contributed by atoms with Gasteiger partial charge in [-0.2, -0.15) is 0 Å². The number of nitrogens with zero attached hydrogens (tertiary/aromatic N) is 1. The minimum absolute atomic E-state index is 0.184. The van der Waals surface area contributed by atoms with E-state index < -0.39 is 0 Å². The summed E-state index contributed by atoms with van der Waals surface area (Å²) in [6.45, 7) is 2.53. The molecule has 0 aliphatic heterocycles. The van der Waals surface area contributed by atoms with Crippen LogP contribution >= 0.6 is 0 Å². The molecule has 2 aromatic rings. The predicted molar refractivity (Wildman–Crippen MR) is 80.1 cm³/mol. The predicted octanol–water partition coefficient (Wildman–Crippen LogP) is 3.03. The number of hydrogen-bond donors (Lipinski definition) is 1. The molecule has 5 nitrogen and oxygen atoms in total. The highest BCUT2D eigenvalue weighted by atomic mass is 19.1. The van der Waals surface area contributed by atoms with Crippen LogP contribution in [-0.2, 0) is 6.54 Å². The molecule has 6 heteroatoms. The fourth-order valence-corrected chi connectivity index (χ4v) is 1.82. The van der Waals surface area contributed by atoms with Crippen molar-refractivity contribution in [2.24, 2.45) is 0 Å². The summed E-state index contributed by atoms with van der Waals surface area (Å²) in [5.74, 6) is 0.965. The van der Waals surface area contributed by atoms with E-state index in [1.165, 1.54) is 17.0 Å². The fourth-order valence-electron chi connectivity index (χ4n) is 1.82. The molecule has 0 spiro atoms. The second-order valence-corrected chi connectivity index (χ2v) is 5.05. The van der Waals surface area contributed by atoms with E-state index >= 15 is 0 Å². The van der Waals surface area contributed by atoms with E-state index in [0.717, 1.165) is 0 Å². The van der Waals surface area contributed by atoms with Crippen molar-refractivity contribution in [3.63, 3.8) is 0 Å². The lowest BCUT2D eigenvalue weighted by Crippen LogP contribution is -2.43. The van der Waals surface area contributed by atoms with Gasteiger partial charge in [0.05, 0.1) is 18.8 Å². The van der Waals surface area contributed by atoms with Gasteiger partial charge < -0.3 is 19.4 Å². The van der Waals surface area contributed by atoms with Gasteiger partial charge in [0.2, 0.25) is 0 Å². The van der Waals surface area contributed by atoms with Gasteiger partial charge in [-0.15, -0.1) is 0 Å². The van der Waals surface area contributed by atoms with Gasteiger partial charge in [0.25, 0.3) is 0 Å². The summed E-state index contributed by atoms with van der Waals surface area (Å²) >= 11 is 0. The molecule has 1 aromatic heterocycles. The molecule has 0 saturated carbocycles. The van der Waals surface area contributed by atoms with Crippen LogP contribution < -0.4 is 10.1 Å². The highest BCUT2D eigenvalue weighted by molar-refractivity contribution is 5.74. The summed E-state index contributed by atoms with van der Waals surface area (Å²) in [6, 6.07) is 8.94. The van der Waals surface area contributed by atoms with Crippen LogP contribution in [0.1, 0.15) is 12.7 Å². The van der Waals surface area contributed by atoms with Gasteiger partial charge >= 0.3 is 6.03 Å². The van der Waals surface area contributed by atoms with Gasteiger partial charge in [-0.3, -0.25) is 0 Å². The molecule has 2 amide bonds. The monoisotopic (exact) mass is 306 g/mol. The van der Waals surface area contributed by atoms with Gasteiger partial charge in [0.1, 0.15) is 23.9 Å². The number of halogens is 1. The van der Waals surface area contributed by atoms with E-state index in [4.69, 9.17) is 9.15 Å². The summed E-state index contributed by atoms with van der Waals surface area (Å²) < 4.78 is 23.5. The highest BCUT2D eigenvalue weighted by Crippen LogP contribution is 2.11. The summed E-state index contributed by atoms with van der Waals surface area (Å²) in [6.07, 6.45) is 1.57. The second kappa shape index (κ2) is 7.49. The Bertz CT molecular complexity index is 584. The molecule has 0 aliphatic rings. The van der Waals surface area contributed by atoms with Crippen molar-refractivity contribution in [1.82, 2.24) is 10.2 Å². The SMILES string of the molecule is C[C@H](COc1ccc(F)cc1)NC(=O)N(C)Cc1ccco1. The van der Waals surface area contributed by atoms with Crippen LogP contribution in [-0.4, -0.2) is 30.6 Å². The van der Waals surface area contributed by atoms with Crippen molar-refractivity contribution in [2.45, 2.75) is 19.5 Å². The van der Waals surface area contributed by atoms with Crippen molar-refractivity contribution < 1.29 is 18.3 Å². The molecule has 2 rings (SSSR count). The third-order valence-corrected chi connectivity index (χ3v) is 3.00. The molecule has 1 atom stereocenters. The van der Waals surface area contributed by atoms with Crippen LogP contribution in [0.5, 0.6) is 5.75 Å². The largest absolute Gasteiger partial charge is 0.491 e. The number of amides is 2. The molecule has 22 heavy (non-hydrogen) atoms. The Morgan fingerprint density at radius 1 is 1.36 bits per heavy atom. The van der Waals surface area contributed by atoms with E-state index in [1.807, 2.05) is 13.0 Å². The molecule has 118 valence electrons. The maximum absolute atomic E-state index is 12.8. The van der Waals surface area contributed by atoms with E-state index in [1.54, 1.807) is 31.5 Å². The third kappa shape index (κ3) is 4.80. The number of rotatable bonds is 6. The lowest BCUT2D eigenvalue weighted by Gasteiger charge is -2.20. The Labute approximate surface area is 128 Å². The molecule has 0 bridgehead atoms. The van der Waals surface area contributed by atoms with Gasteiger partial charge in [-0.05, 0) is 43.3 Å². The Morgan fingerprint density at radius 3 is 2.73 bits per heavy atom. The molecule has 1 heterocycles. The van der Waals surface area contributed by atoms with Crippen LogP contribution in [0.2, 0.25) is 0 Å². The number of furan rings is 1. The lowest BCUT2D eigenvalue weighted by molar-refractivity contribution is 0.192. The minimum Gasteiger partial charge on any atom is -0.491 e. The Balaban J connectivity index is 1.74. The van der Waals surface area contributed by atoms with Gasteiger partial charge in [-0.1, -0.05) is 0 Å². The van der Waals surface area contributed by atoms with Crippen molar-refractivity contribution >= 4 is 6.03 Å². The Hall–Kier alpha value is -2.50. The van der Waals surface area contributed by atoms with Gasteiger partial charge in [0, 0.05) is 7.05 Å². The molecule has 0 radical (unpaired) electrons. The average Bonchev–Trinajstić information content (AvgIpc) is 2.99. The Kier molecular flexibility index (Phi) is 5.41. The topological polar surface area (TPSA) is 54.7 Å². The molecular weight excluding hydrogens is 287 g/mol. The molecule has 0 saturated heterocycles. The van der Waals surface area contributed by atoms with E-state index in [2.05, 4.69) is 5.32 Å². The number of carbonyl (C=O) groups is 1. The zero-order valence-corrected chi connectivity index (χ0v) is 12.6. The van der Waals surface area contributed by atoms with Gasteiger partial charge in [-0.25, -0.2) is 9.18 Å². The van der Waals surface area contributed by atoms with Crippen LogP contribution in [0, 0.1) is 5.82 Å². The Morgan fingerprint density at radius 2 is 2.09 bits per heavy atom. The van der Waals surface area contributed by atoms with Crippen LogP contribution in [0.25, 0.3) is 0 Å². The number of ether oxygens (including phenoxy) is 1. The number of carbonyl (C=O) groups excluding carboxylic acids is 1. The molecule has 1 aromatic carbocycles. The van der Waals surface area contributed by atoms with E-state index in [0.29, 0.717) is 24.7 Å². The van der Waals surface area contributed by atoms with Crippen molar-refractivity contribution in [2.75, 3.05) is 13.7 Å². The van der Waals surface area contributed by atoms with Crippen LogP contribution in [0.4, 0.5) is 9.18 Å². The molecule has 1 N–H and O–H groups in total. The number of hydrogen-bond acceptors (Lipinski definition) is 3. The number of nitrogens with one attached hydrogen (secondary N) is 1. The minimum atomic E-state index is -0.312. The van der Waals surface area contributed by atoms with Crippen LogP contribution in [0.15, 0.2) is 47.1 Å². The quantitative estimate of drug-likeness (QED) is 0.892. The van der Waals surface area contributed by atoms with Gasteiger partial charge in [0.15, 0.2) is 0 Å². The summed E-state index contributed by atoms with van der Waals surface area (Å²) in [5.41, 5.74) is 0. The first kappa shape index (κ1) is 15.9. The van der Waals surface area contributed by atoms with Crippen molar-refractivity contribution in [3.05, 3.63) is 54.2 Å². The first-order valence-corrected chi connectivity index (χ1v) is 6.97. The van der Waals surface area contributed by atoms with Crippen molar-refractivity contribution in [3.8, 4) is 5.75 Å². The molecule has 0 fully saturated rings. The molecule has 0 aliphatic carbocycles. The smallest absolute Gasteiger partial charge is 0.317 e. The normalized spacial score (nSPS) is 11.8. The molecular formula is C16H19FN2O3. The number of urea groups is 1. The maximum atomic E-state index is 12.8. The molecule has 0 unspecified atom stereocenters. The first-order valence-electron chi connectivity index (χ1n) is 6.97. The lowest BCUT2D eigenvalue weighted by atomic mass is 10.3. The average molecular weight is 306 g/mol. The fraction of sp³-hybridized carbons (Fsp3) is 0.312. The highest BCUT2D eigenvalue weighted by Gasteiger charge is 2.13. The number of benzene rings is 1. The zero-order valence-electron chi connectivity index (χ0n) is 12.6. The standard InChI is InChI=1S/C16H19FN2O3/c1-12(11-22-14-7-5-13(17)6-8-14)18-16(20)19(2)10-15-4-3-9-21-15/h3-9,12H,10-11H2,1-2H3,(H,18,20)/t12-/m1/s1.